The highest BCUT2D eigenvalue weighted by atomic mass is 16.1. The van der Waals surface area contributed by atoms with Crippen LogP contribution < -0.4 is 5.32 Å². The van der Waals surface area contributed by atoms with Crippen LogP contribution in [-0.2, 0) is 0 Å². The Morgan fingerprint density at radius 1 is 1.33 bits per heavy atom. The fourth-order valence-electron chi connectivity index (χ4n) is 3.03. The molecule has 1 aromatic heterocycles. The molecule has 1 amide bonds. The highest BCUT2D eigenvalue weighted by Crippen LogP contribution is 2.14. The minimum Gasteiger partial charge on any atom is -0.361 e. The maximum absolute atomic E-state index is 12.2. The van der Waals surface area contributed by atoms with Crippen molar-refractivity contribution >= 4 is 16.8 Å². The number of nitrogens with one attached hydrogen (secondary N) is 2. The molecule has 112 valence electrons. The predicted molar refractivity (Wildman–Crippen MR) is 85.5 cm³/mol. The number of aromatic amines is 1. The molecular formula is C17H23N3O. The summed E-state index contributed by atoms with van der Waals surface area (Å²) in [5.74, 6) is 0.509. The number of benzene rings is 1. The van der Waals surface area contributed by atoms with Gasteiger partial charge in [-0.15, -0.1) is 0 Å². The van der Waals surface area contributed by atoms with E-state index >= 15 is 0 Å². The quantitative estimate of drug-likeness (QED) is 0.887. The molecule has 0 radical (unpaired) electrons. The first-order valence-electron chi connectivity index (χ1n) is 7.80. The van der Waals surface area contributed by atoms with Crippen LogP contribution in [-0.4, -0.2) is 42.0 Å². The summed E-state index contributed by atoms with van der Waals surface area (Å²) in [6, 6.07) is 7.76. The van der Waals surface area contributed by atoms with E-state index in [2.05, 4.69) is 22.1 Å². The predicted octanol–water partition coefficient (Wildman–Crippen LogP) is 2.63. The lowest BCUT2D eigenvalue weighted by Gasteiger charge is -2.20. The number of likely N-dealkylation sites (tertiary alicyclic amines) is 1. The Hall–Kier alpha value is -1.81. The van der Waals surface area contributed by atoms with Crippen molar-refractivity contribution < 1.29 is 4.79 Å². The van der Waals surface area contributed by atoms with Gasteiger partial charge >= 0.3 is 0 Å². The van der Waals surface area contributed by atoms with Crippen LogP contribution in [0.25, 0.3) is 10.9 Å². The van der Waals surface area contributed by atoms with Gasteiger partial charge in [-0.3, -0.25) is 4.79 Å². The van der Waals surface area contributed by atoms with E-state index in [1.165, 1.54) is 25.9 Å². The summed E-state index contributed by atoms with van der Waals surface area (Å²) in [5.41, 5.74) is 1.80. The lowest BCUT2D eigenvalue weighted by Crippen LogP contribution is -2.34. The van der Waals surface area contributed by atoms with Crippen molar-refractivity contribution in [2.75, 3.05) is 26.2 Å². The molecule has 2 aromatic rings. The van der Waals surface area contributed by atoms with E-state index in [0.29, 0.717) is 5.92 Å². The fourth-order valence-corrected chi connectivity index (χ4v) is 3.03. The lowest BCUT2D eigenvalue weighted by molar-refractivity contribution is 0.0945. The van der Waals surface area contributed by atoms with E-state index in [-0.39, 0.29) is 5.91 Å². The highest BCUT2D eigenvalue weighted by Gasteiger charge is 2.15. The summed E-state index contributed by atoms with van der Waals surface area (Å²) in [5, 5.41) is 4.13. The monoisotopic (exact) mass is 285 g/mol. The Bertz CT molecular complexity index is 613. The van der Waals surface area contributed by atoms with Gasteiger partial charge in [0.1, 0.15) is 0 Å². The van der Waals surface area contributed by atoms with Crippen molar-refractivity contribution in [2.45, 2.75) is 19.8 Å². The molecule has 1 saturated heterocycles. The second kappa shape index (κ2) is 6.31. The highest BCUT2D eigenvalue weighted by molar-refractivity contribution is 5.98. The third-order valence-electron chi connectivity index (χ3n) is 4.20. The minimum absolute atomic E-state index is 0.0198. The molecule has 1 aliphatic heterocycles. The molecule has 1 aromatic carbocycles. The molecule has 0 spiro atoms. The van der Waals surface area contributed by atoms with Gasteiger partial charge in [0, 0.05) is 35.8 Å². The molecule has 2 heterocycles. The summed E-state index contributed by atoms with van der Waals surface area (Å²) in [6.45, 7) is 6.44. The van der Waals surface area contributed by atoms with Crippen LogP contribution in [0.2, 0.25) is 0 Å². The lowest BCUT2D eigenvalue weighted by atomic mass is 10.1. The Balaban J connectivity index is 1.53. The molecule has 3 rings (SSSR count). The number of hydrogen-bond donors (Lipinski definition) is 2. The van der Waals surface area contributed by atoms with Crippen LogP contribution in [0.1, 0.15) is 30.1 Å². The third-order valence-corrected chi connectivity index (χ3v) is 4.20. The van der Waals surface area contributed by atoms with Crippen molar-refractivity contribution in [3.05, 3.63) is 36.0 Å². The third kappa shape index (κ3) is 3.45. The van der Waals surface area contributed by atoms with Crippen LogP contribution in [0.4, 0.5) is 0 Å². The van der Waals surface area contributed by atoms with Crippen molar-refractivity contribution in [3.8, 4) is 0 Å². The van der Waals surface area contributed by atoms with Gasteiger partial charge in [-0.25, -0.2) is 0 Å². The topological polar surface area (TPSA) is 48.1 Å². The number of H-pyrrole nitrogens is 1. The van der Waals surface area contributed by atoms with Crippen molar-refractivity contribution in [2.24, 2.45) is 5.92 Å². The average molecular weight is 285 g/mol. The normalized spacial score (nSPS) is 17.2. The average Bonchev–Trinajstić information content (AvgIpc) is 3.14. The molecule has 2 N–H and O–H groups in total. The molecule has 4 heteroatoms. The second-order valence-electron chi connectivity index (χ2n) is 6.10. The first kappa shape index (κ1) is 14.1. The zero-order valence-corrected chi connectivity index (χ0v) is 12.6. The summed E-state index contributed by atoms with van der Waals surface area (Å²) in [7, 11) is 0. The fraction of sp³-hybridized carbons (Fsp3) is 0.471. The molecule has 1 unspecified atom stereocenters. The maximum Gasteiger partial charge on any atom is 0.251 e. The smallest absolute Gasteiger partial charge is 0.251 e. The van der Waals surface area contributed by atoms with E-state index < -0.39 is 0 Å². The van der Waals surface area contributed by atoms with Crippen LogP contribution >= 0.6 is 0 Å². The largest absolute Gasteiger partial charge is 0.361 e. The minimum atomic E-state index is 0.0198. The van der Waals surface area contributed by atoms with Crippen LogP contribution in [0, 0.1) is 5.92 Å². The van der Waals surface area contributed by atoms with Crippen molar-refractivity contribution in [1.82, 2.24) is 15.2 Å². The molecule has 1 aliphatic rings. The Morgan fingerprint density at radius 3 is 2.95 bits per heavy atom. The van der Waals surface area contributed by atoms with Crippen LogP contribution in [0.5, 0.6) is 0 Å². The van der Waals surface area contributed by atoms with Crippen molar-refractivity contribution in [3.63, 3.8) is 0 Å². The summed E-state index contributed by atoms with van der Waals surface area (Å²) < 4.78 is 0. The van der Waals surface area contributed by atoms with Gasteiger partial charge in [-0.05, 0) is 56.1 Å². The number of carbonyl (C=O) groups excluding carboxylic acids is 1. The summed E-state index contributed by atoms with van der Waals surface area (Å²) >= 11 is 0. The Morgan fingerprint density at radius 2 is 2.14 bits per heavy atom. The van der Waals surface area contributed by atoms with E-state index in [4.69, 9.17) is 0 Å². The number of amides is 1. The number of nitrogens with zero attached hydrogens (tertiary/aromatic N) is 1. The van der Waals surface area contributed by atoms with E-state index in [0.717, 1.165) is 29.6 Å². The zero-order chi connectivity index (χ0) is 14.7. The summed E-state index contributed by atoms with van der Waals surface area (Å²) in [6.07, 6.45) is 4.52. The molecule has 0 aliphatic carbocycles. The van der Waals surface area contributed by atoms with Gasteiger partial charge < -0.3 is 15.2 Å². The standard InChI is InChI=1S/C17H23N3O/c1-13(12-20-8-2-3-9-20)11-19-17(21)15-4-5-16-14(10-15)6-7-18-16/h4-7,10,13,18H,2-3,8-9,11-12H2,1H3,(H,19,21). The molecule has 0 saturated carbocycles. The van der Waals surface area contributed by atoms with Gasteiger partial charge in [0.15, 0.2) is 0 Å². The van der Waals surface area contributed by atoms with Crippen LogP contribution in [0.3, 0.4) is 0 Å². The Kier molecular flexibility index (Phi) is 4.25. The number of aromatic nitrogens is 1. The molecular weight excluding hydrogens is 262 g/mol. The van der Waals surface area contributed by atoms with E-state index in [9.17, 15) is 4.79 Å². The molecule has 4 nitrogen and oxygen atoms in total. The second-order valence-corrected chi connectivity index (χ2v) is 6.10. The number of hydrogen-bond acceptors (Lipinski definition) is 2. The molecule has 1 fully saturated rings. The van der Waals surface area contributed by atoms with Gasteiger partial charge in [-0.2, -0.15) is 0 Å². The van der Waals surface area contributed by atoms with Gasteiger partial charge in [0.2, 0.25) is 0 Å². The van der Waals surface area contributed by atoms with Crippen LogP contribution in [0.15, 0.2) is 30.5 Å². The van der Waals surface area contributed by atoms with E-state index in [1.807, 2.05) is 30.5 Å². The SMILES string of the molecule is CC(CNC(=O)c1ccc2[nH]ccc2c1)CN1CCCC1. The molecule has 21 heavy (non-hydrogen) atoms. The molecule has 1 atom stereocenters. The molecule has 0 bridgehead atoms. The summed E-state index contributed by atoms with van der Waals surface area (Å²) in [4.78, 5) is 17.8. The zero-order valence-electron chi connectivity index (χ0n) is 12.6. The van der Waals surface area contributed by atoms with Gasteiger partial charge in [0.05, 0.1) is 0 Å². The number of fused-ring (bicyclic) bond motifs is 1. The first-order valence-corrected chi connectivity index (χ1v) is 7.80. The van der Waals surface area contributed by atoms with Gasteiger partial charge in [-0.1, -0.05) is 6.92 Å². The first-order chi connectivity index (χ1) is 10.2. The Labute approximate surface area is 125 Å². The van der Waals surface area contributed by atoms with E-state index in [1.54, 1.807) is 0 Å². The number of rotatable bonds is 5. The van der Waals surface area contributed by atoms with Crippen molar-refractivity contribution in [1.29, 1.82) is 0 Å². The maximum atomic E-state index is 12.2. The van der Waals surface area contributed by atoms with Gasteiger partial charge in [0.25, 0.3) is 5.91 Å². The number of carbonyl (C=O) groups is 1.